The largest absolute Gasteiger partial charge is 0.493 e. The van der Waals surface area contributed by atoms with Gasteiger partial charge in [0.15, 0.2) is 17.8 Å². The summed E-state index contributed by atoms with van der Waals surface area (Å²) in [5.74, 6) is -2.62. The minimum absolute atomic E-state index is 0.00459. The third-order valence-electron chi connectivity index (χ3n) is 5.38. The maximum absolute atomic E-state index is 13.2. The molecule has 178 valence electrons. The van der Waals surface area contributed by atoms with Gasteiger partial charge in [-0.2, -0.15) is 13.2 Å². The van der Waals surface area contributed by atoms with Crippen molar-refractivity contribution in [1.82, 2.24) is 19.4 Å². The van der Waals surface area contributed by atoms with Crippen LogP contribution in [0.3, 0.4) is 0 Å². The smallest absolute Gasteiger partial charge is 0.327 e. The van der Waals surface area contributed by atoms with E-state index >= 15 is 0 Å². The van der Waals surface area contributed by atoms with E-state index < -0.39 is 29.7 Å². The summed E-state index contributed by atoms with van der Waals surface area (Å²) < 4.78 is 41.3. The molecule has 0 spiro atoms. The number of halogens is 3. The maximum Gasteiger partial charge on any atom is 0.493 e. The van der Waals surface area contributed by atoms with Gasteiger partial charge in [-0.1, -0.05) is 11.6 Å². The van der Waals surface area contributed by atoms with E-state index in [1.807, 2.05) is 19.9 Å². The summed E-state index contributed by atoms with van der Waals surface area (Å²) in [5.41, 5.74) is -0.437. The molecular formula is C19H27F3N6O4. The number of hydrogen-bond donors (Lipinski definition) is 1. The molecule has 1 aromatic heterocycles. The van der Waals surface area contributed by atoms with Gasteiger partial charge in [-0.15, -0.1) is 5.06 Å². The Morgan fingerprint density at radius 3 is 2.38 bits per heavy atom. The number of aromatic nitrogens is 2. The summed E-state index contributed by atoms with van der Waals surface area (Å²) in [5, 5.41) is 3.90. The molecule has 3 rings (SSSR count). The second-order valence-electron chi connectivity index (χ2n) is 7.83. The van der Waals surface area contributed by atoms with Crippen molar-refractivity contribution in [2.75, 3.05) is 42.7 Å². The highest BCUT2D eigenvalue weighted by Gasteiger charge is 2.50. The molecule has 10 nitrogen and oxygen atoms in total. The van der Waals surface area contributed by atoms with E-state index in [0.29, 0.717) is 26.2 Å². The van der Waals surface area contributed by atoms with Gasteiger partial charge in [0.05, 0.1) is 0 Å². The second-order valence-corrected chi connectivity index (χ2v) is 7.83. The number of nitrogens with one attached hydrogen (secondary N) is 1. The number of fused-ring (bicyclic) bond motifs is 1. The summed E-state index contributed by atoms with van der Waals surface area (Å²) in [4.78, 5) is 46.0. The average molecular weight is 460 g/mol. The van der Waals surface area contributed by atoms with Crippen molar-refractivity contribution in [3.8, 4) is 0 Å². The van der Waals surface area contributed by atoms with E-state index in [2.05, 4.69) is 5.32 Å². The van der Waals surface area contributed by atoms with Crippen LogP contribution in [0.1, 0.15) is 20.8 Å². The van der Waals surface area contributed by atoms with E-state index in [4.69, 9.17) is 4.84 Å². The third-order valence-corrected chi connectivity index (χ3v) is 5.38. The summed E-state index contributed by atoms with van der Waals surface area (Å²) in [6.07, 6.45) is -4.46. The number of carbonyl (C=O) groups is 1. The van der Waals surface area contributed by atoms with Gasteiger partial charge in [0.1, 0.15) is 0 Å². The van der Waals surface area contributed by atoms with E-state index in [0.717, 1.165) is 19.8 Å². The molecule has 1 fully saturated rings. The summed E-state index contributed by atoms with van der Waals surface area (Å²) in [7, 11) is 1.33. The van der Waals surface area contributed by atoms with Crippen molar-refractivity contribution in [3.63, 3.8) is 0 Å². The molecule has 0 aromatic carbocycles. The number of allylic oxidation sites excluding steroid dienone is 1. The minimum atomic E-state index is -5.25. The molecule has 1 aromatic rings. The molecule has 1 atom stereocenters. The Balaban J connectivity index is 2.25. The fourth-order valence-corrected chi connectivity index (χ4v) is 3.83. The molecule has 2 aliphatic rings. The Morgan fingerprint density at radius 1 is 1.22 bits per heavy atom. The Hall–Kier alpha value is -2.80. The number of hydrogen-bond acceptors (Lipinski definition) is 8. The molecule has 0 saturated carbocycles. The van der Waals surface area contributed by atoms with Gasteiger partial charge >= 0.3 is 17.8 Å². The lowest BCUT2D eigenvalue weighted by molar-refractivity contribution is -0.203. The molecule has 0 bridgehead atoms. The molecule has 0 amide bonds. The Kier molecular flexibility index (Phi) is 6.69. The molecule has 0 radical (unpaired) electrons. The molecule has 3 heterocycles. The first kappa shape index (κ1) is 23.9. The zero-order valence-corrected chi connectivity index (χ0v) is 18.4. The van der Waals surface area contributed by atoms with E-state index in [-0.39, 0.29) is 24.6 Å². The lowest BCUT2D eigenvalue weighted by atomic mass is 10.3. The number of piperazine rings is 1. The van der Waals surface area contributed by atoms with Gasteiger partial charge in [-0.25, -0.2) is 9.59 Å². The van der Waals surface area contributed by atoms with Crippen LogP contribution in [0.4, 0.5) is 24.7 Å². The zero-order valence-electron chi connectivity index (χ0n) is 18.4. The van der Waals surface area contributed by atoms with E-state index in [1.54, 1.807) is 16.7 Å². The lowest BCUT2D eigenvalue weighted by Gasteiger charge is -2.40. The molecule has 1 unspecified atom stereocenters. The molecule has 2 aliphatic heterocycles. The Labute approximate surface area is 182 Å². The van der Waals surface area contributed by atoms with Gasteiger partial charge in [0.2, 0.25) is 0 Å². The Morgan fingerprint density at radius 2 is 1.84 bits per heavy atom. The van der Waals surface area contributed by atoms with Gasteiger partial charge in [0.25, 0.3) is 5.56 Å². The van der Waals surface area contributed by atoms with Gasteiger partial charge in [-0.3, -0.25) is 18.8 Å². The average Bonchev–Trinajstić information content (AvgIpc) is 3.05. The van der Waals surface area contributed by atoms with Gasteiger partial charge < -0.3 is 15.1 Å². The van der Waals surface area contributed by atoms with Crippen LogP contribution in [0.15, 0.2) is 21.2 Å². The number of rotatable bonds is 5. The number of anilines is 2. The van der Waals surface area contributed by atoms with Crippen LogP contribution in [-0.2, 0) is 23.2 Å². The quantitative estimate of drug-likeness (QED) is 0.631. The van der Waals surface area contributed by atoms with Crippen LogP contribution in [0, 0.1) is 0 Å². The SMILES string of the molecule is CCn1c(=O)c2c(n(C)c1=O)N(OC(=O)C(F)(F)F)C(N1CCNCC1)N2CC=C(C)C. The second kappa shape index (κ2) is 8.98. The molecule has 13 heteroatoms. The van der Waals surface area contributed by atoms with Crippen LogP contribution in [0.2, 0.25) is 0 Å². The third kappa shape index (κ3) is 4.26. The molecule has 1 N–H and O–H groups in total. The molecular weight excluding hydrogens is 433 g/mol. The summed E-state index contributed by atoms with van der Waals surface area (Å²) in [6, 6.07) is 0. The van der Waals surface area contributed by atoms with E-state index in [9.17, 15) is 27.6 Å². The van der Waals surface area contributed by atoms with Crippen molar-refractivity contribution in [2.45, 2.75) is 39.8 Å². The number of nitrogens with zero attached hydrogens (tertiary/aromatic N) is 5. The van der Waals surface area contributed by atoms with Gasteiger partial charge in [0, 0.05) is 46.3 Å². The highest BCUT2D eigenvalue weighted by atomic mass is 19.4. The monoisotopic (exact) mass is 460 g/mol. The molecule has 1 saturated heterocycles. The first-order valence-corrected chi connectivity index (χ1v) is 10.3. The van der Waals surface area contributed by atoms with Crippen molar-refractivity contribution in [2.24, 2.45) is 7.05 Å². The van der Waals surface area contributed by atoms with Crippen LogP contribution in [0.25, 0.3) is 0 Å². The lowest BCUT2D eigenvalue weighted by Crippen LogP contribution is -2.61. The predicted octanol–water partition coefficient (Wildman–Crippen LogP) is 0.369. The fraction of sp³-hybridized carbons (Fsp3) is 0.632. The van der Waals surface area contributed by atoms with Crippen molar-refractivity contribution >= 4 is 17.5 Å². The van der Waals surface area contributed by atoms with E-state index in [1.165, 1.54) is 7.05 Å². The van der Waals surface area contributed by atoms with Crippen LogP contribution in [0.5, 0.6) is 0 Å². The number of carbonyl (C=O) groups excluding carboxylic acids is 1. The van der Waals surface area contributed by atoms with Crippen LogP contribution >= 0.6 is 0 Å². The van der Waals surface area contributed by atoms with Gasteiger partial charge in [-0.05, 0) is 20.8 Å². The minimum Gasteiger partial charge on any atom is -0.327 e. The first-order valence-electron chi connectivity index (χ1n) is 10.3. The first-order chi connectivity index (χ1) is 15.0. The van der Waals surface area contributed by atoms with Crippen molar-refractivity contribution in [3.05, 3.63) is 32.5 Å². The standard InChI is InChI=1S/C19H27F3N6O4/c1-5-26-15(29)13-14(24(4)18(26)31)28(32-16(30)19(20,21)22)17(25-10-7-23-8-11-25)27(13)9-6-12(2)3/h6,17,23H,5,7-11H2,1-4H3. The molecule has 0 aliphatic carbocycles. The fourth-order valence-electron chi connectivity index (χ4n) is 3.83. The zero-order chi connectivity index (χ0) is 23.8. The highest BCUT2D eigenvalue weighted by molar-refractivity contribution is 5.80. The predicted molar refractivity (Wildman–Crippen MR) is 111 cm³/mol. The van der Waals surface area contributed by atoms with Crippen LogP contribution in [-0.4, -0.2) is 65.2 Å². The maximum atomic E-state index is 13.2. The molecule has 32 heavy (non-hydrogen) atoms. The normalized spacial score (nSPS) is 19.2. The number of alkyl halides is 3. The Bertz CT molecular complexity index is 1020. The highest BCUT2D eigenvalue weighted by Crippen LogP contribution is 2.38. The summed E-state index contributed by atoms with van der Waals surface area (Å²) >= 11 is 0. The van der Waals surface area contributed by atoms with Crippen LogP contribution < -0.4 is 26.5 Å². The summed E-state index contributed by atoms with van der Waals surface area (Å²) in [6.45, 7) is 7.55. The topological polar surface area (TPSA) is 92.0 Å². The van der Waals surface area contributed by atoms with Crippen molar-refractivity contribution in [1.29, 1.82) is 0 Å². The van der Waals surface area contributed by atoms with Crippen molar-refractivity contribution < 1.29 is 22.8 Å². The number of hydroxylamine groups is 1.